The number of carbonyl (C=O) groups is 4. The first-order valence-electron chi connectivity index (χ1n) is 5.77. The zero-order valence-electron chi connectivity index (χ0n) is 11.3. The minimum Gasteiger partial charge on any atom is -0.462 e. The maximum absolute atomic E-state index is 11.3. The maximum atomic E-state index is 11.3. The summed E-state index contributed by atoms with van der Waals surface area (Å²) in [4.78, 5) is 43.4. The summed E-state index contributed by atoms with van der Waals surface area (Å²) in [6.45, 7) is 3.37. The lowest BCUT2D eigenvalue weighted by Crippen LogP contribution is -2.29. The molecule has 0 aliphatic carbocycles. The van der Waals surface area contributed by atoms with Crippen molar-refractivity contribution in [1.82, 2.24) is 0 Å². The number of hydrogen-bond acceptors (Lipinski definition) is 7. The summed E-state index contributed by atoms with van der Waals surface area (Å²) in [5.41, 5.74) is 0. The largest absolute Gasteiger partial charge is 0.462 e. The van der Waals surface area contributed by atoms with Crippen molar-refractivity contribution >= 4 is 23.7 Å². The van der Waals surface area contributed by atoms with E-state index in [0.29, 0.717) is 0 Å². The van der Waals surface area contributed by atoms with Crippen LogP contribution in [0.5, 0.6) is 0 Å². The molecule has 0 spiro atoms. The van der Waals surface area contributed by atoms with Crippen molar-refractivity contribution in [3.63, 3.8) is 0 Å². The maximum Gasteiger partial charge on any atom is 0.306 e. The van der Waals surface area contributed by atoms with Crippen LogP contribution >= 0.6 is 0 Å². The molecule has 0 fully saturated rings. The molecule has 0 N–H and O–H groups in total. The van der Waals surface area contributed by atoms with Gasteiger partial charge in [-0.2, -0.15) is 0 Å². The minimum absolute atomic E-state index is 0.0321. The van der Waals surface area contributed by atoms with E-state index >= 15 is 0 Å². The van der Waals surface area contributed by atoms with E-state index in [1.807, 2.05) is 0 Å². The SMILES string of the molecule is CC(=O)CCC(=O)OCC(COC(C)=O)OC(C)=O. The first kappa shape index (κ1) is 17.1. The number of Topliss-reactive ketones (excluding diaryl/α,β-unsaturated/α-hetero) is 1. The van der Waals surface area contributed by atoms with Crippen LogP contribution < -0.4 is 0 Å². The minimum atomic E-state index is -0.845. The summed E-state index contributed by atoms with van der Waals surface area (Å²) in [6, 6.07) is 0. The third-order valence-corrected chi connectivity index (χ3v) is 1.92. The van der Waals surface area contributed by atoms with Crippen LogP contribution in [0.4, 0.5) is 0 Å². The Morgan fingerprint density at radius 3 is 1.89 bits per heavy atom. The molecule has 0 rings (SSSR count). The van der Waals surface area contributed by atoms with Gasteiger partial charge in [0, 0.05) is 20.3 Å². The van der Waals surface area contributed by atoms with Crippen molar-refractivity contribution in [3.8, 4) is 0 Å². The molecule has 0 saturated heterocycles. The Kier molecular flexibility index (Phi) is 8.15. The predicted molar refractivity (Wildman–Crippen MR) is 63.1 cm³/mol. The summed E-state index contributed by atoms with van der Waals surface area (Å²) in [6.07, 6.45) is -0.779. The topological polar surface area (TPSA) is 96.0 Å². The van der Waals surface area contributed by atoms with E-state index in [1.54, 1.807) is 0 Å². The molecule has 0 radical (unpaired) electrons. The van der Waals surface area contributed by atoms with Gasteiger partial charge in [-0.1, -0.05) is 0 Å². The van der Waals surface area contributed by atoms with Crippen LogP contribution in [-0.4, -0.2) is 43.0 Å². The number of ketones is 1. The Morgan fingerprint density at radius 2 is 1.42 bits per heavy atom. The smallest absolute Gasteiger partial charge is 0.306 e. The van der Waals surface area contributed by atoms with Crippen LogP contribution in [0.2, 0.25) is 0 Å². The Labute approximate surface area is 111 Å². The predicted octanol–water partition coefficient (Wildman–Crippen LogP) is 0.394. The molecule has 1 atom stereocenters. The van der Waals surface area contributed by atoms with Gasteiger partial charge in [0.15, 0.2) is 6.10 Å². The Morgan fingerprint density at radius 1 is 0.842 bits per heavy atom. The van der Waals surface area contributed by atoms with Gasteiger partial charge in [-0.25, -0.2) is 0 Å². The molecule has 0 heterocycles. The Balaban J connectivity index is 4.09. The molecule has 0 aliphatic rings. The fourth-order valence-corrected chi connectivity index (χ4v) is 1.10. The lowest BCUT2D eigenvalue weighted by Gasteiger charge is -2.16. The van der Waals surface area contributed by atoms with Gasteiger partial charge < -0.3 is 19.0 Å². The molecular weight excluding hydrogens is 256 g/mol. The average Bonchev–Trinajstić information content (AvgIpc) is 2.29. The fraction of sp³-hybridized carbons (Fsp3) is 0.667. The number of ether oxygens (including phenoxy) is 3. The van der Waals surface area contributed by atoms with Crippen molar-refractivity contribution in [2.24, 2.45) is 0 Å². The van der Waals surface area contributed by atoms with Gasteiger partial charge in [0.25, 0.3) is 0 Å². The van der Waals surface area contributed by atoms with Crippen LogP contribution in [-0.2, 0) is 33.4 Å². The highest BCUT2D eigenvalue weighted by Gasteiger charge is 2.16. The molecule has 0 aromatic heterocycles. The van der Waals surface area contributed by atoms with Crippen molar-refractivity contribution in [1.29, 1.82) is 0 Å². The molecule has 0 aliphatic heterocycles. The van der Waals surface area contributed by atoms with E-state index in [9.17, 15) is 19.2 Å². The van der Waals surface area contributed by atoms with Crippen molar-refractivity contribution in [2.75, 3.05) is 13.2 Å². The first-order chi connectivity index (χ1) is 8.81. The van der Waals surface area contributed by atoms with E-state index in [4.69, 9.17) is 9.47 Å². The molecule has 19 heavy (non-hydrogen) atoms. The highest BCUT2D eigenvalue weighted by Crippen LogP contribution is 2.00. The van der Waals surface area contributed by atoms with E-state index < -0.39 is 24.0 Å². The van der Waals surface area contributed by atoms with Crippen LogP contribution in [0.25, 0.3) is 0 Å². The third-order valence-electron chi connectivity index (χ3n) is 1.92. The van der Waals surface area contributed by atoms with Gasteiger partial charge in [-0.05, 0) is 6.92 Å². The van der Waals surface area contributed by atoms with Gasteiger partial charge in [0.2, 0.25) is 0 Å². The molecule has 7 nitrogen and oxygen atoms in total. The van der Waals surface area contributed by atoms with Gasteiger partial charge in [-0.3, -0.25) is 14.4 Å². The molecule has 7 heteroatoms. The standard InChI is InChI=1S/C12H18O7/c1-8(13)4-5-12(16)18-7-11(19-10(3)15)6-17-9(2)14/h11H,4-7H2,1-3H3. The second-order valence-corrected chi connectivity index (χ2v) is 3.92. The fourth-order valence-electron chi connectivity index (χ4n) is 1.10. The van der Waals surface area contributed by atoms with Gasteiger partial charge >= 0.3 is 17.9 Å². The lowest BCUT2D eigenvalue weighted by molar-refractivity contribution is -0.164. The van der Waals surface area contributed by atoms with Crippen LogP contribution in [0, 0.1) is 0 Å². The summed E-state index contributed by atoms with van der Waals surface area (Å²) in [5, 5.41) is 0. The van der Waals surface area contributed by atoms with Crippen LogP contribution in [0.15, 0.2) is 0 Å². The van der Waals surface area contributed by atoms with Crippen LogP contribution in [0.3, 0.4) is 0 Å². The number of esters is 3. The van der Waals surface area contributed by atoms with Crippen molar-refractivity contribution in [2.45, 2.75) is 39.7 Å². The summed E-state index contributed by atoms with van der Waals surface area (Å²) in [7, 11) is 0. The Bertz CT molecular complexity index is 348. The van der Waals surface area contributed by atoms with Gasteiger partial charge in [-0.15, -0.1) is 0 Å². The quantitative estimate of drug-likeness (QED) is 0.466. The van der Waals surface area contributed by atoms with E-state index in [-0.39, 0.29) is 31.8 Å². The monoisotopic (exact) mass is 274 g/mol. The zero-order valence-corrected chi connectivity index (χ0v) is 11.3. The van der Waals surface area contributed by atoms with E-state index in [2.05, 4.69) is 4.74 Å². The summed E-state index contributed by atoms with van der Waals surface area (Å²) < 4.78 is 14.3. The highest BCUT2D eigenvalue weighted by molar-refractivity contribution is 5.80. The molecule has 108 valence electrons. The summed E-state index contributed by atoms with van der Waals surface area (Å²) in [5.74, 6) is -1.79. The molecular formula is C12H18O7. The highest BCUT2D eigenvalue weighted by atomic mass is 16.6. The third kappa shape index (κ3) is 10.9. The first-order valence-corrected chi connectivity index (χ1v) is 5.77. The molecule has 0 aromatic carbocycles. The van der Waals surface area contributed by atoms with Crippen molar-refractivity contribution < 1.29 is 33.4 Å². The average molecular weight is 274 g/mol. The van der Waals surface area contributed by atoms with Gasteiger partial charge in [0.05, 0.1) is 6.42 Å². The normalized spacial score (nSPS) is 11.3. The van der Waals surface area contributed by atoms with Gasteiger partial charge in [0.1, 0.15) is 19.0 Å². The molecule has 0 bridgehead atoms. The van der Waals surface area contributed by atoms with E-state index in [1.165, 1.54) is 20.8 Å². The number of rotatable bonds is 8. The molecule has 0 saturated carbocycles. The van der Waals surface area contributed by atoms with E-state index in [0.717, 1.165) is 0 Å². The second-order valence-electron chi connectivity index (χ2n) is 3.92. The number of hydrogen-bond donors (Lipinski definition) is 0. The molecule has 1 unspecified atom stereocenters. The summed E-state index contributed by atoms with van der Waals surface area (Å²) >= 11 is 0. The Hall–Kier alpha value is -1.92. The zero-order chi connectivity index (χ0) is 14.8. The second kappa shape index (κ2) is 9.07. The van der Waals surface area contributed by atoms with Crippen molar-refractivity contribution in [3.05, 3.63) is 0 Å². The van der Waals surface area contributed by atoms with Crippen LogP contribution in [0.1, 0.15) is 33.6 Å². The number of carbonyl (C=O) groups excluding carboxylic acids is 4. The molecule has 0 aromatic rings. The lowest BCUT2D eigenvalue weighted by atomic mass is 10.2. The molecule has 0 amide bonds.